The molecule has 7 N–H and O–H groups in total. The van der Waals surface area contributed by atoms with Gasteiger partial charge in [-0.15, -0.1) is 0 Å². The number of rotatable bonds is 3. The number of hydrogen-bond donors (Lipinski definition) is 3. The standard InChI is InChI=1S/C4H10N2O2/c5-2-3(6)1-4(7)8/h3H,1-2,5-6H2,(H,7,8)/p+2/t3-/m1/s1. The van der Waals surface area contributed by atoms with E-state index in [2.05, 4.69) is 11.5 Å². The minimum Gasteiger partial charge on any atom is -0.481 e. The molecule has 1 atom stereocenters. The van der Waals surface area contributed by atoms with E-state index < -0.39 is 5.97 Å². The first-order valence-electron chi connectivity index (χ1n) is 2.51. The second kappa shape index (κ2) is 3.40. The molecule has 0 bridgehead atoms. The second-order valence-electron chi connectivity index (χ2n) is 1.75. The van der Waals surface area contributed by atoms with E-state index in [1.165, 1.54) is 0 Å². The molecule has 0 aromatic carbocycles. The average Bonchev–Trinajstić information content (AvgIpc) is 1.65. The van der Waals surface area contributed by atoms with Gasteiger partial charge in [0.25, 0.3) is 0 Å². The molecule has 0 aromatic rings. The number of hydrogen-bond acceptors (Lipinski definition) is 1. The summed E-state index contributed by atoms with van der Waals surface area (Å²) in [7, 11) is 0. The van der Waals surface area contributed by atoms with E-state index in [1.54, 1.807) is 0 Å². The Morgan fingerprint density at radius 2 is 2.25 bits per heavy atom. The molecule has 0 aliphatic heterocycles. The van der Waals surface area contributed by atoms with Crippen LogP contribution in [0.1, 0.15) is 6.42 Å². The Labute approximate surface area is 47.5 Å². The summed E-state index contributed by atoms with van der Waals surface area (Å²) < 4.78 is 0. The summed E-state index contributed by atoms with van der Waals surface area (Å²) in [6.07, 6.45) is 0.128. The van der Waals surface area contributed by atoms with Gasteiger partial charge in [-0.05, 0) is 0 Å². The van der Waals surface area contributed by atoms with Crippen LogP contribution in [0.3, 0.4) is 0 Å². The first-order chi connectivity index (χ1) is 3.66. The molecule has 4 heteroatoms. The fraction of sp³-hybridized carbons (Fsp3) is 0.750. The number of carboxylic acids is 1. The van der Waals surface area contributed by atoms with Crippen molar-refractivity contribution in [1.82, 2.24) is 0 Å². The van der Waals surface area contributed by atoms with Crippen LogP contribution < -0.4 is 11.5 Å². The van der Waals surface area contributed by atoms with E-state index in [0.29, 0.717) is 6.54 Å². The molecule has 0 heterocycles. The third-order valence-electron chi connectivity index (χ3n) is 0.872. The lowest BCUT2D eigenvalue weighted by Gasteiger charge is -1.95. The van der Waals surface area contributed by atoms with Gasteiger partial charge in [-0.2, -0.15) is 0 Å². The van der Waals surface area contributed by atoms with Crippen molar-refractivity contribution in [1.29, 1.82) is 0 Å². The maximum Gasteiger partial charge on any atom is 0.309 e. The van der Waals surface area contributed by atoms with Gasteiger partial charge in [0.05, 0.1) is 0 Å². The number of carboxylic acid groups (broad SMARTS) is 1. The van der Waals surface area contributed by atoms with Crippen molar-refractivity contribution < 1.29 is 21.4 Å². The van der Waals surface area contributed by atoms with Gasteiger partial charge < -0.3 is 16.6 Å². The van der Waals surface area contributed by atoms with Crippen molar-refractivity contribution in [3.8, 4) is 0 Å². The highest BCUT2D eigenvalue weighted by atomic mass is 16.4. The molecule has 0 unspecified atom stereocenters. The third kappa shape index (κ3) is 3.58. The minimum atomic E-state index is -0.798. The summed E-state index contributed by atoms with van der Waals surface area (Å²) in [6.45, 7) is 0.590. The van der Waals surface area contributed by atoms with Crippen molar-refractivity contribution >= 4 is 5.97 Å². The molecular formula is C4H12N2O2+2. The molecule has 4 nitrogen and oxygen atoms in total. The van der Waals surface area contributed by atoms with Crippen LogP contribution >= 0.6 is 0 Å². The number of carbonyl (C=O) groups is 1. The molecule has 8 heavy (non-hydrogen) atoms. The fourth-order valence-electron chi connectivity index (χ4n) is 0.349. The van der Waals surface area contributed by atoms with Crippen LogP contribution in [-0.4, -0.2) is 23.7 Å². The SMILES string of the molecule is [NH3+]C[C@H]([NH3+])CC(=O)O. The quantitative estimate of drug-likeness (QED) is 0.378. The van der Waals surface area contributed by atoms with E-state index in [0.717, 1.165) is 0 Å². The van der Waals surface area contributed by atoms with Crippen LogP contribution in [0.25, 0.3) is 0 Å². The minimum absolute atomic E-state index is 0.0347. The first-order valence-corrected chi connectivity index (χ1v) is 2.51. The summed E-state index contributed by atoms with van der Waals surface area (Å²) >= 11 is 0. The molecule has 0 spiro atoms. The molecule has 0 saturated carbocycles. The molecule has 0 aromatic heterocycles. The van der Waals surface area contributed by atoms with Crippen LogP contribution in [0, 0.1) is 0 Å². The van der Waals surface area contributed by atoms with Gasteiger partial charge in [-0.25, -0.2) is 0 Å². The van der Waals surface area contributed by atoms with Gasteiger partial charge in [0.1, 0.15) is 19.0 Å². The molecule has 0 saturated heterocycles. The molecule has 0 radical (unpaired) electrons. The molecule has 0 aliphatic carbocycles. The molecule has 0 aliphatic rings. The van der Waals surface area contributed by atoms with E-state index in [1.807, 2.05) is 0 Å². The van der Waals surface area contributed by atoms with Gasteiger partial charge >= 0.3 is 5.97 Å². The van der Waals surface area contributed by atoms with E-state index in [9.17, 15) is 4.79 Å². The van der Waals surface area contributed by atoms with E-state index in [-0.39, 0.29) is 12.5 Å². The Bertz CT molecular complexity index is 84.1. The molecular weight excluding hydrogens is 108 g/mol. The van der Waals surface area contributed by atoms with Crippen molar-refractivity contribution in [2.24, 2.45) is 0 Å². The zero-order valence-electron chi connectivity index (χ0n) is 4.76. The van der Waals surface area contributed by atoms with Crippen LogP contribution in [0.15, 0.2) is 0 Å². The zero-order valence-corrected chi connectivity index (χ0v) is 4.76. The second-order valence-corrected chi connectivity index (χ2v) is 1.75. The first kappa shape index (κ1) is 7.39. The highest BCUT2D eigenvalue weighted by Crippen LogP contribution is 1.78. The van der Waals surface area contributed by atoms with E-state index in [4.69, 9.17) is 5.11 Å². The Balaban J connectivity index is 3.24. The Hall–Kier alpha value is -0.610. The predicted octanol–water partition coefficient (Wildman–Crippen LogP) is -2.69. The Morgan fingerprint density at radius 3 is 2.38 bits per heavy atom. The summed E-state index contributed by atoms with van der Waals surface area (Å²) in [4.78, 5) is 9.90. The van der Waals surface area contributed by atoms with Crippen molar-refractivity contribution in [2.45, 2.75) is 12.5 Å². The third-order valence-corrected chi connectivity index (χ3v) is 0.872. The van der Waals surface area contributed by atoms with Gasteiger partial charge in [-0.3, -0.25) is 4.79 Å². The highest BCUT2D eigenvalue weighted by molar-refractivity contribution is 5.67. The van der Waals surface area contributed by atoms with Crippen LogP contribution in [0.4, 0.5) is 0 Å². The number of aliphatic carboxylic acids is 1. The lowest BCUT2D eigenvalue weighted by Crippen LogP contribution is -2.73. The fourth-order valence-corrected chi connectivity index (χ4v) is 0.349. The largest absolute Gasteiger partial charge is 0.481 e. The van der Waals surface area contributed by atoms with E-state index >= 15 is 0 Å². The van der Waals surface area contributed by atoms with Crippen molar-refractivity contribution in [2.75, 3.05) is 6.54 Å². The van der Waals surface area contributed by atoms with Gasteiger partial charge in [-0.1, -0.05) is 0 Å². The topological polar surface area (TPSA) is 92.6 Å². The summed E-state index contributed by atoms with van der Waals surface area (Å²) in [5.41, 5.74) is 7.07. The Morgan fingerprint density at radius 1 is 1.75 bits per heavy atom. The summed E-state index contributed by atoms with van der Waals surface area (Å²) in [5.74, 6) is -0.798. The van der Waals surface area contributed by atoms with Crippen molar-refractivity contribution in [3.63, 3.8) is 0 Å². The smallest absolute Gasteiger partial charge is 0.309 e. The lowest BCUT2D eigenvalue weighted by atomic mass is 10.2. The summed E-state index contributed by atoms with van der Waals surface area (Å²) in [5, 5.41) is 8.15. The molecule has 0 fully saturated rings. The summed E-state index contributed by atoms with van der Waals surface area (Å²) in [6, 6.07) is -0.0347. The zero-order chi connectivity index (χ0) is 6.57. The Kier molecular flexibility index (Phi) is 3.14. The maximum absolute atomic E-state index is 9.90. The van der Waals surface area contributed by atoms with Gasteiger partial charge in [0.2, 0.25) is 0 Å². The molecule has 48 valence electrons. The van der Waals surface area contributed by atoms with Crippen LogP contribution in [-0.2, 0) is 4.79 Å². The molecule has 0 rings (SSSR count). The van der Waals surface area contributed by atoms with Crippen LogP contribution in [0.2, 0.25) is 0 Å². The highest BCUT2D eigenvalue weighted by Gasteiger charge is 2.09. The van der Waals surface area contributed by atoms with Crippen LogP contribution in [0.5, 0.6) is 0 Å². The van der Waals surface area contributed by atoms with Gasteiger partial charge in [0.15, 0.2) is 0 Å². The van der Waals surface area contributed by atoms with Gasteiger partial charge in [0, 0.05) is 0 Å². The number of quaternary nitrogens is 2. The average molecular weight is 120 g/mol. The predicted molar refractivity (Wildman–Crippen MR) is 26.7 cm³/mol. The normalized spacial score (nSPS) is 13.2. The lowest BCUT2D eigenvalue weighted by molar-refractivity contribution is -0.492. The molecule has 0 amide bonds. The maximum atomic E-state index is 9.90. The van der Waals surface area contributed by atoms with Crippen molar-refractivity contribution in [3.05, 3.63) is 0 Å². The monoisotopic (exact) mass is 120 g/mol.